The van der Waals surface area contributed by atoms with Crippen molar-refractivity contribution in [3.05, 3.63) is 12.2 Å². The summed E-state index contributed by atoms with van der Waals surface area (Å²) in [7, 11) is 0.557. The Bertz CT molecular complexity index is 314. The average Bonchev–Trinajstić information content (AvgIpc) is 2.38. The van der Waals surface area contributed by atoms with Gasteiger partial charge in [0.05, 0.1) is 10.2 Å². The predicted molar refractivity (Wildman–Crippen MR) is 96.3 cm³/mol. The summed E-state index contributed by atoms with van der Waals surface area (Å²) < 4.78 is 4.44. The summed E-state index contributed by atoms with van der Waals surface area (Å²) in [5.41, 5.74) is 0.384. The second-order valence-electron chi connectivity index (χ2n) is 5.89. The first-order valence-electron chi connectivity index (χ1n) is 8.03. The molecular formula is C16H30Cl2O2Si. The average molecular weight is 353 g/mol. The Balaban J connectivity index is 3.93. The minimum absolute atomic E-state index is 0.384. The van der Waals surface area contributed by atoms with Gasteiger partial charge in [-0.05, 0) is 19.8 Å². The van der Waals surface area contributed by atoms with Gasteiger partial charge in [-0.25, -0.2) is 4.79 Å². The van der Waals surface area contributed by atoms with E-state index in [0.717, 1.165) is 19.3 Å². The molecule has 0 aliphatic carbocycles. The summed E-state index contributed by atoms with van der Waals surface area (Å²) in [6.07, 6.45) is 10.2. The topological polar surface area (TPSA) is 26.3 Å². The number of esters is 1. The first kappa shape index (κ1) is 21.0. The normalized spacial score (nSPS) is 13.1. The highest BCUT2D eigenvalue weighted by molar-refractivity contribution is 6.65. The molecule has 0 aromatic carbocycles. The van der Waals surface area contributed by atoms with Gasteiger partial charge in [-0.15, -0.1) is 23.2 Å². The summed E-state index contributed by atoms with van der Waals surface area (Å²) in [6, 6.07) is 0. The maximum atomic E-state index is 11.6. The van der Waals surface area contributed by atoms with Crippen LogP contribution in [0.2, 0.25) is 0 Å². The molecule has 0 radical (unpaired) electrons. The molecule has 0 amide bonds. The molecule has 5 heteroatoms. The molecule has 1 atom stereocenters. The zero-order valence-electron chi connectivity index (χ0n) is 13.7. The lowest BCUT2D eigenvalue weighted by Crippen LogP contribution is -2.36. The van der Waals surface area contributed by atoms with Gasteiger partial charge in [0.15, 0.2) is 0 Å². The van der Waals surface area contributed by atoms with Crippen LogP contribution in [0.5, 0.6) is 0 Å². The molecule has 0 rings (SSSR count). The Labute approximate surface area is 143 Å². The van der Waals surface area contributed by atoms with Gasteiger partial charge in [0.2, 0.25) is 0 Å². The van der Waals surface area contributed by atoms with Crippen molar-refractivity contribution in [3.8, 4) is 0 Å². The predicted octanol–water partition coefficient (Wildman–Crippen LogP) is 4.50. The Morgan fingerprint density at radius 1 is 1.14 bits per heavy atom. The molecule has 21 heavy (non-hydrogen) atoms. The van der Waals surface area contributed by atoms with Crippen LogP contribution in [0.3, 0.4) is 0 Å². The number of ether oxygens (including phenoxy) is 1. The molecule has 0 saturated heterocycles. The van der Waals surface area contributed by atoms with Crippen molar-refractivity contribution in [2.24, 2.45) is 0 Å². The number of halogens is 2. The van der Waals surface area contributed by atoms with Crippen molar-refractivity contribution in [2.45, 2.75) is 81.7 Å². The maximum absolute atomic E-state index is 11.6. The number of carbonyl (C=O) groups is 1. The van der Waals surface area contributed by atoms with Crippen molar-refractivity contribution < 1.29 is 9.53 Å². The summed E-state index contributed by atoms with van der Waals surface area (Å²) in [5, 5.41) is 0. The van der Waals surface area contributed by atoms with E-state index >= 15 is 0 Å². The number of alkyl halides is 2. The van der Waals surface area contributed by atoms with Crippen molar-refractivity contribution in [1.29, 1.82) is 0 Å². The van der Waals surface area contributed by atoms with E-state index in [0.29, 0.717) is 15.8 Å². The lowest BCUT2D eigenvalue weighted by molar-refractivity contribution is -0.144. The first-order chi connectivity index (χ1) is 9.79. The third-order valence-electron chi connectivity index (χ3n) is 3.48. The van der Waals surface area contributed by atoms with Gasteiger partial charge in [-0.2, -0.15) is 0 Å². The maximum Gasteiger partial charge on any atom is 0.333 e. The highest BCUT2D eigenvalue weighted by Crippen LogP contribution is 2.28. The molecule has 0 bridgehead atoms. The van der Waals surface area contributed by atoms with Crippen molar-refractivity contribution in [3.63, 3.8) is 0 Å². The first-order valence-corrected chi connectivity index (χ1v) is 9.79. The minimum Gasteiger partial charge on any atom is -0.456 e. The standard InChI is InChI=1S/C16H30Cl2O2Si/c1-4-5-6-7-8-9-10-11-12-14(16(17,18)21)20-15(19)13(2)3/h14H,2,4-12H2,1,3,21H3. The van der Waals surface area contributed by atoms with E-state index in [1.807, 2.05) is 0 Å². The molecule has 0 fully saturated rings. The quantitative estimate of drug-likeness (QED) is 0.170. The Hall–Kier alpha value is 0.00688. The van der Waals surface area contributed by atoms with Crippen LogP contribution in [0, 0.1) is 0 Å². The molecule has 0 heterocycles. The molecule has 124 valence electrons. The van der Waals surface area contributed by atoms with Crippen LogP contribution in [0.15, 0.2) is 12.2 Å². The molecule has 0 N–H and O–H groups in total. The van der Waals surface area contributed by atoms with E-state index in [1.165, 1.54) is 38.5 Å². The van der Waals surface area contributed by atoms with E-state index in [2.05, 4.69) is 13.5 Å². The Kier molecular flexibility index (Phi) is 11.6. The summed E-state index contributed by atoms with van der Waals surface area (Å²) in [5.74, 6) is -0.402. The van der Waals surface area contributed by atoms with E-state index in [-0.39, 0.29) is 0 Å². The van der Waals surface area contributed by atoms with Crippen LogP contribution in [-0.4, -0.2) is 26.3 Å². The highest BCUT2D eigenvalue weighted by Gasteiger charge is 2.32. The summed E-state index contributed by atoms with van der Waals surface area (Å²) in [4.78, 5) is 11.6. The molecule has 0 saturated carbocycles. The van der Waals surface area contributed by atoms with Crippen molar-refractivity contribution in [2.75, 3.05) is 0 Å². The number of carbonyl (C=O) groups excluding carboxylic acids is 1. The van der Waals surface area contributed by atoms with Crippen molar-refractivity contribution >= 4 is 39.4 Å². The fourth-order valence-corrected chi connectivity index (χ4v) is 2.82. The van der Waals surface area contributed by atoms with Gasteiger partial charge in [-0.3, -0.25) is 0 Å². The number of rotatable bonds is 12. The van der Waals surface area contributed by atoms with Crippen LogP contribution in [0.25, 0.3) is 0 Å². The van der Waals surface area contributed by atoms with Gasteiger partial charge >= 0.3 is 5.97 Å². The SMILES string of the molecule is C=C(C)C(=O)OC(CCCCCCCCCC)C([SiH3])(Cl)Cl. The van der Waals surface area contributed by atoms with E-state index in [4.69, 9.17) is 27.9 Å². The van der Waals surface area contributed by atoms with E-state index < -0.39 is 16.0 Å². The second-order valence-corrected chi connectivity index (χ2v) is 10.5. The minimum atomic E-state index is -0.924. The van der Waals surface area contributed by atoms with Crippen LogP contribution in [0.4, 0.5) is 0 Å². The van der Waals surface area contributed by atoms with Gasteiger partial charge in [0.1, 0.15) is 10.1 Å². The van der Waals surface area contributed by atoms with Crippen LogP contribution in [0.1, 0.15) is 71.6 Å². The van der Waals surface area contributed by atoms with Gasteiger partial charge < -0.3 is 4.74 Å². The molecule has 2 nitrogen and oxygen atoms in total. The summed E-state index contributed by atoms with van der Waals surface area (Å²) >= 11 is 12.3. The number of hydrogen-bond acceptors (Lipinski definition) is 2. The molecular weight excluding hydrogens is 323 g/mol. The van der Waals surface area contributed by atoms with Gasteiger partial charge in [0.25, 0.3) is 0 Å². The van der Waals surface area contributed by atoms with Crippen LogP contribution >= 0.6 is 23.2 Å². The zero-order chi connectivity index (χ0) is 16.3. The monoisotopic (exact) mass is 352 g/mol. The molecule has 0 aliphatic rings. The zero-order valence-corrected chi connectivity index (χ0v) is 17.2. The third-order valence-corrected chi connectivity index (χ3v) is 4.61. The third kappa shape index (κ3) is 11.3. The number of unbranched alkanes of at least 4 members (excludes halogenated alkanes) is 7. The molecule has 0 spiro atoms. The highest BCUT2D eigenvalue weighted by atomic mass is 35.5. The van der Waals surface area contributed by atoms with Crippen molar-refractivity contribution in [1.82, 2.24) is 0 Å². The smallest absolute Gasteiger partial charge is 0.333 e. The van der Waals surface area contributed by atoms with Gasteiger partial charge in [-0.1, -0.05) is 58.4 Å². The van der Waals surface area contributed by atoms with E-state index in [1.54, 1.807) is 6.92 Å². The largest absolute Gasteiger partial charge is 0.456 e. The summed E-state index contributed by atoms with van der Waals surface area (Å²) in [6.45, 7) is 7.45. The molecule has 0 aromatic heterocycles. The molecule has 0 aromatic rings. The Morgan fingerprint density at radius 3 is 2.05 bits per heavy atom. The molecule has 0 aliphatic heterocycles. The molecule has 1 unspecified atom stereocenters. The van der Waals surface area contributed by atoms with Crippen LogP contribution < -0.4 is 0 Å². The fraction of sp³-hybridized carbons (Fsp3) is 0.812. The van der Waals surface area contributed by atoms with E-state index in [9.17, 15) is 4.79 Å². The van der Waals surface area contributed by atoms with Gasteiger partial charge in [0, 0.05) is 5.57 Å². The number of hydrogen-bond donors (Lipinski definition) is 0. The lowest BCUT2D eigenvalue weighted by Gasteiger charge is -2.26. The Morgan fingerprint density at radius 2 is 1.62 bits per heavy atom. The second kappa shape index (κ2) is 11.6. The lowest BCUT2D eigenvalue weighted by atomic mass is 10.1. The van der Waals surface area contributed by atoms with Crippen LogP contribution in [-0.2, 0) is 9.53 Å². The fourth-order valence-electron chi connectivity index (χ4n) is 2.11.